The summed E-state index contributed by atoms with van der Waals surface area (Å²) in [6.45, 7) is 5.20. The molecule has 1 atom stereocenters. The third-order valence-electron chi connectivity index (χ3n) is 5.88. The van der Waals surface area contributed by atoms with Crippen LogP contribution in [0.3, 0.4) is 0 Å². The van der Waals surface area contributed by atoms with Crippen molar-refractivity contribution in [1.29, 1.82) is 5.41 Å². The molecule has 0 aliphatic carbocycles. The van der Waals surface area contributed by atoms with Crippen LogP contribution in [0.4, 0.5) is 5.69 Å². The number of aliphatic hydroxyl groups is 1. The molecular weight excluding hydrogens is 556 g/mol. The second-order valence-corrected chi connectivity index (χ2v) is 12.5. The van der Waals surface area contributed by atoms with Crippen molar-refractivity contribution in [2.24, 2.45) is 11.1 Å². The van der Waals surface area contributed by atoms with Gasteiger partial charge in [-0.2, -0.15) is 8.42 Å². The van der Waals surface area contributed by atoms with Gasteiger partial charge in [0.1, 0.15) is 10.7 Å². The number of rotatable bonds is 9. The summed E-state index contributed by atoms with van der Waals surface area (Å²) in [4.78, 5) is 39.3. The van der Waals surface area contributed by atoms with Crippen LogP contribution in [0.25, 0.3) is 11.1 Å². The van der Waals surface area contributed by atoms with Gasteiger partial charge in [0.15, 0.2) is 0 Å². The Balaban J connectivity index is 2.01. The Bertz CT molecular complexity index is 1560. The highest BCUT2D eigenvalue weighted by atomic mass is 32.2. The second-order valence-electron chi connectivity index (χ2n) is 10.0. The molecule has 1 heterocycles. The first-order chi connectivity index (χ1) is 18.6. The van der Waals surface area contributed by atoms with Crippen molar-refractivity contribution < 1.29 is 32.1 Å². The number of nitrogen functional groups attached to an aromatic ring is 1. The first kappa shape index (κ1) is 30.5. The summed E-state index contributed by atoms with van der Waals surface area (Å²) >= 11 is 1.09. The number of nitrogens with two attached hydrogens (primary N) is 1. The Hall–Kier alpha value is -4.07. The van der Waals surface area contributed by atoms with E-state index in [1.54, 1.807) is 35.7 Å². The number of benzene rings is 2. The van der Waals surface area contributed by atoms with Crippen LogP contribution in [-0.4, -0.2) is 56.0 Å². The molecule has 2 aromatic carbocycles. The zero-order valence-corrected chi connectivity index (χ0v) is 23.9. The number of carbonyl (C=O) groups excluding carboxylic acids is 3. The highest BCUT2D eigenvalue weighted by Crippen LogP contribution is 2.33. The monoisotopic (exact) mass is 586 g/mol. The van der Waals surface area contributed by atoms with Crippen molar-refractivity contribution in [3.8, 4) is 11.1 Å². The molecule has 40 heavy (non-hydrogen) atoms. The zero-order chi connectivity index (χ0) is 29.8. The van der Waals surface area contributed by atoms with Crippen LogP contribution in [0.1, 0.15) is 56.7 Å². The number of anilines is 1. The second kappa shape index (κ2) is 12.0. The molecule has 0 unspecified atom stereocenters. The lowest BCUT2D eigenvalue weighted by Gasteiger charge is -2.29. The molecule has 0 fully saturated rings. The highest BCUT2D eigenvalue weighted by molar-refractivity contribution is 7.86. The molecular formula is C27H30N4O7S2. The van der Waals surface area contributed by atoms with Crippen LogP contribution in [0.2, 0.25) is 0 Å². The number of nitrogens with one attached hydrogen (secondary N) is 3. The van der Waals surface area contributed by atoms with E-state index in [0.29, 0.717) is 16.8 Å². The van der Waals surface area contributed by atoms with Crippen LogP contribution < -0.4 is 16.4 Å². The van der Waals surface area contributed by atoms with E-state index in [2.05, 4.69) is 14.8 Å². The Labute approximate surface area is 236 Å². The average molecular weight is 587 g/mol. The van der Waals surface area contributed by atoms with E-state index in [9.17, 15) is 27.9 Å². The third kappa shape index (κ3) is 7.52. The summed E-state index contributed by atoms with van der Waals surface area (Å²) in [6.07, 6.45) is 0.719. The predicted molar refractivity (Wildman–Crippen MR) is 153 cm³/mol. The molecule has 6 N–H and O–H groups in total. The fraction of sp³-hybridized carbons (Fsp3) is 0.259. The Morgan fingerprint density at radius 1 is 1.02 bits per heavy atom. The summed E-state index contributed by atoms with van der Waals surface area (Å²) in [5.74, 6) is -2.43. The van der Waals surface area contributed by atoms with Gasteiger partial charge in [0, 0.05) is 22.4 Å². The van der Waals surface area contributed by atoms with E-state index in [1.165, 1.54) is 18.2 Å². The minimum absolute atomic E-state index is 0.0266. The summed E-state index contributed by atoms with van der Waals surface area (Å²) in [7, 11) is -4.19. The third-order valence-corrected chi connectivity index (χ3v) is 7.24. The molecule has 11 nitrogen and oxygen atoms in total. The van der Waals surface area contributed by atoms with Crippen molar-refractivity contribution in [3.05, 3.63) is 75.5 Å². The SMILES string of the molecule is CC(C)(C)[C@@H](CO)NC(=O)c1ccc(-c2ccsc2C(=O)Nc2ccc(C(=N)N)cc2)c(C(=O)OS(C)(=O)=O)c1. The smallest absolute Gasteiger partial charge is 0.354 e. The van der Waals surface area contributed by atoms with Gasteiger partial charge in [0.05, 0.1) is 24.5 Å². The molecule has 3 rings (SSSR count). The molecule has 0 saturated carbocycles. The lowest BCUT2D eigenvalue weighted by atomic mass is 9.87. The van der Waals surface area contributed by atoms with Crippen molar-refractivity contribution in [2.45, 2.75) is 26.8 Å². The number of carbonyl (C=O) groups is 3. The van der Waals surface area contributed by atoms with Crippen molar-refractivity contribution in [2.75, 3.05) is 18.2 Å². The topological polar surface area (TPSA) is 189 Å². The van der Waals surface area contributed by atoms with E-state index < -0.39 is 39.4 Å². The Morgan fingerprint density at radius 3 is 2.20 bits per heavy atom. The minimum atomic E-state index is -4.19. The number of thiophene rings is 1. The largest absolute Gasteiger partial charge is 0.394 e. The van der Waals surface area contributed by atoms with Crippen molar-refractivity contribution >= 4 is 50.8 Å². The summed E-state index contributed by atoms with van der Waals surface area (Å²) in [6, 6.07) is 11.4. The van der Waals surface area contributed by atoms with E-state index >= 15 is 0 Å². The summed E-state index contributed by atoms with van der Waals surface area (Å²) in [5, 5.41) is 24.3. The van der Waals surface area contributed by atoms with E-state index in [0.717, 1.165) is 17.6 Å². The molecule has 212 valence electrons. The van der Waals surface area contributed by atoms with Crippen molar-refractivity contribution in [3.63, 3.8) is 0 Å². The fourth-order valence-electron chi connectivity index (χ4n) is 3.67. The molecule has 0 bridgehead atoms. The molecule has 0 saturated heterocycles. The van der Waals surface area contributed by atoms with Crippen LogP contribution in [-0.2, 0) is 14.3 Å². The van der Waals surface area contributed by atoms with Gasteiger partial charge in [0.2, 0.25) is 0 Å². The van der Waals surface area contributed by atoms with Gasteiger partial charge in [-0.3, -0.25) is 15.0 Å². The van der Waals surface area contributed by atoms with Crippen LogP contribution >= 0.6 is 11.3 Å². The van der Waals surface area contributed by atoms with E-state index in [4.69, 9.17) is 11.1 Å². The normalized spacial score (nSPS) is 12.3. The van der Waals surface area contributed by atoms with Crippen LogP contribution in [0.5, 0.6) is 0 Å². The first-order valence-electron chi connectivity index (χ1n) is 11.9. The minimum Gasteiger partial charge on any atom is -0.394 e. The maximum Gasteiger partial charge on any atom is 0.354 e. The quantitative estimate of drug-likeness (QED) is 0.143. The summed E-state index contributed by atoms with van der Waals surface area (Å²) < 4.78 is 28.1. The number of amidine groups is 1. The average Bonchev–Trinajstić information content (AvgIpc) is 3.35. The van der Waals surface area contributed by atoms with Crippen molar-refractivity contribution in [1.82, 2.24) is 5.32 Å². The molecule has 0 radical (unpaired) electrons. The zero-order valence-electron chi connectivity index (χ0n) is 22.3. The fourth-order valence-corrected chi connectivity index (χ4v) is 4.84. The molecule has 0 aliphatic heterocycles. The molecule has 2 amide bonds. The highest BCUT2D eigenvalue weighted by Gasteiger charge is 2.28. The van der Waals surface area contributed by atoms with Gasteiger partial charge in [0.25, 0.3) is 11.8 Å². The Kier molecular flexibility index (Phi) is 9.13. The van der Waals surface area contributed by atoms with Gasteiger partial charge in [-0.1, -0.05) is 26.8 Å². The first-order valence-corrected chi connectivity index (χ1v) is 14.6. The van der Waals surface area contributed by atoms with Crippen LogP contribution in [0, 0.1) is 10.8 Å². The predicted octanol–water partition coefficient (Wildman–Crippen LogP) is 3.20. The number of hydrogen-bond acceptors (Lipinski definition) is 9. The van der Waals surface area contributed by atoms with Gasteiger partial charge >= 0.3 is 16.1 Å². The molecule has 1 aromatic heterocycles. The van der Waals surface area contributed by atoms with Gasteiger partial charge < -0.3 is 25.7 Å². The number of aliphatic hydroxyl groups excluding tert-OH is 1. The molecule has 0 spiro atoms. The van der Waals surface area contributed by atoms with Gasteiger partial charge in [-0.15, -0.1) is 11.3 Å². The number of hydrogen-bond donors (Lipinski definition) is 5. The molecule has 3 aromatic rings. The number of amides is 2. The molecule has 0 aliphatic rings. The summed E-state index contributed by atoms with van der Waals surface area (Å²) in [5.41, 5.74) is 6.21. The lowest BCUT2D eigenvalue weighted by molar-refractivity contribution is 0.0748. The van der Waals surface area contributed by atoms with Gasteiger partial charge in [-0.05, 0) is 58.8 Å². The molecule has 13 heteroatoms. The Morgan fingerprint density at radius 2 is 1.65 bits per heavy atom. The van der Waals surface area contributed by atoms with Crippen LogP contribution in [0.15, 0.2) is 53.9 Å². The standard InChI is InChI=1S/C27H30N4O7S2/c1-27(2,3)21(14-32)31-24(33)16-7-10-18(20(13-16)26(35)38-40(4,36)37)19-11-12-39-22(19)25(34)30-17-8-5-15(6-9-17)23(28)29/h5-13,21,32H,14H2,1-4H3,(H3,28,29)(H,30,34)(H,31,33)/t21-/m1/s1. The maximum atomic E-state index is 13.2. The van der Waals surface area contributed by atoms with E-state index in [1.807, 2.05) is 20.8 Å². The lowest BCUT2D eigenvalue weighted by Crippen LogP contribution is -2.46. The van der Waals surface area contributed by atoms with Gasteiger partial charge in [-0.25, -0.2) is 4.79 Å². The maximum absolute atomic E-state index is 13.2. The van der Waals surface area contributed by atoms with E-state index in [-0.39, 0.29) is 34.0 Å².